The van der Waals surface area contributed by atoms with E-state index in [2.05, 4.69) is 47.3 Å². The third kappa shape index (κ3) is 3.51. The number of likely N-dealkylation sites (tertiary alicyclic amines) is 1. The molecule has 2 fully saturated rings. The van der Waals surface area contributed by atoms with Gasteiger partial charge in [0.25, 0.3) is 5.56 Å². The van der Waals surface area contributed by atoms with E-state index in [1.165, 1.54) is 5.56 Å². The molecule has 0 bridgehead atoms. The van der Waals surface area contributed by atoms with Gasteiger partial charge in [-0.3, -0.25) is 9.59 Å². The van der Waals surface area contributed by atoms with E-state index in [4.69, 9.17) is 4.98 Å². The lowest BCUT2D eigenvalue weighted by atomic mass is 9.96. The van der Waals surface area contributed by atoms with Gasteiger partial charge in [-0.1, -0.05) is 29.0 Å². The molecule has 8 heteroatoms. The molecular formula is C22H26N6O2. The molecule has 30 heavy (non-hydrogen) atoms. The Morgan fingerprint density at radius 2 is 2.07 bits per heavy atom. The number of aromatic amines is 1. The minimum atomic E-state index is -0.271. The Kier molecular flexibility index (Phi) is 4.64. The van der Waals surface area contributed by atoms with Gasteiger partial charge >= 0.3 is 0 Å². The molecule has 1 N–H and O–H groups in total. The first-order valence-corrected chi connectivity index (χ1v) is 10.7. The molecule has 0 radical (unpaired) electrons. The summed E-state index contributed by atoms with van der Waals surface area (Å²) in [6.07, 6.45) is 3.83. The predicted molar refractivity (Wildman–Crippen MR) is 112 cm³/mol. The largest absolute Gasteiger partial charge is 0.342 e. The predicted octanol–water partition coefficient (Wildman–Crippen LogP) is 2.30. The number of amides is 1. The highest BCUT2D eigenvalue weighted by molar-refractivity contribution is 5.81. The number of fused-ring (bicyclic) bond motifs is 1. The second-order valence-electron chi connectivity index (χ2n) is 8.70. The van der Waals surface area contributed by atoms with E-state index in [1.807, 2.05) is 4.90 Å². The van der Waals surface area contributed by atoms with Gasteiger partial charge in [-0.2, -0.15) is 0 Å². The van der Waals surface area contributed by atoms with Gasteiger partial charge in [0.1, 0.15) is 5.82 Å². The van der Waals surface area contributed by atoms with Gasteiger partial charge in [-0.25, -0.2) is 9.67 Å². The highest BCUT2D eigenvalue weighted by Crippen LogP contribution is 2.33. The van der Waals surface area contributed by atoms with Crippen LogP contribution in [0.5, 0.6) is 0 Å². The summed E-state index contributed by atoms with van der Waals surface area (Å²) in [5.41, 5.74) is 3.95. The van der Waals surface area contributed by atoms with E-state index < -0.39 is 0 Å². The number of rotatable bonds is 4. The number of benzene rings is 1. The maximum Gasteiger partial charge on any atom is 0.281 e. The Bertz CT molecular complexity index is 1180. The molecule has 1 amide bonds. The summed E-state index contributed by atoms with van der Waals surface area (Å²) in [4.78, 5) is 34.8. The molecule has 0 unspecified atom stereocenters. The molecule has 1 aliphatic carbocycles. The van der Waals surface area contributed by atoms with Gasteiger partial charge < -0.3 is 9.88 Å². The standard InChI is InChI=1S/C22H26N6O2/c1-13-5-6-14(2)17(10-13)12-28-20-18(25-26-28)21(29)24-19(23-20)16-4-3-9-27(11-16)22(30)15-7-8-15/h5-6,10,15-16H,3-4,7-9,11-12H2,1-2H3,(H,23,24,29)/t16-/m1/s1. The zero-order valence-corrected chi connectivity index (χ0v) is 17.4. The Balaban J connectivity index is 1.47. The number of carbonyl (C=O) groups excluding carboxylic acids is 1. The number of nitrogens with zero attached hydrogens (tertiary/aromatic N) is 5. The number of aromatic nitrogens is 5. The molecule has 156 valence electrons. The SMILES string of the molecule is Cc1ccc(C)c(Cn2nnc3c(=O)[nH]c([C@@H]4CCCN(C(=O)C5CC5)C4)nc32)c1. The van der Waals surface area contributed by atoms with Crippen LogP contribution in [0.2, 0.25) is 0 Å². The second-order valence-corrected chi connectivity index (χ2v) is 8.70. The molecule has 0 spiro atoms. The number of carbonyl (C=O) groups is 1. The Morgan fingerprint density at radius 1 is 1.23 bits per heavy atom. The van der Waals surface area contributed by atoms with Crippen molar-refractivity contribution in [3.05, 3.63) is 51.1 Å². The summed E-state index contributed by atoms with van der Waals surface area (Å²) in [6, 6.07) is 6.29. The topological polar surface area (TPSA) is 96.8 Å². The van der Waals surface area contributed by atoms with Crippen LogP contribution in [-0.4, -0.2) is 48.9 Å². The second kappa shape index (κ2) is 7.34. The fraction of sp³-hybridized carbons (Fsp3) is 0.500. The third-order valence-electron chi connectivity index (χ3n) is 6.26. The molecule has 1 saturated heterocycles. The molecular weight excluding hydrogens is 380 g/mol. The molecule has 5 rings (SSSR count). The third-order valence-corrected chi connectivity index (χ3v) is 6.26. The van der Waals surface area contributed by atoms with Crippen molar-refractivity contribution in [1.29, 1.82) is 0 Å². The molecule has 3 heterocycles. The van der Waals surface area contributed by atoms with Crippen LogP contribution >= 0.6 is 0 Å². The van der Waals surface area contributed by atoms with Crippen LogP contribution in [0.25, 0.3) is 11.2 Å². The van der Waals surface area contributed by atoms with Crippen molar-refractivity contribution in [3.8, 4) is 0 Å². The molecule has 8 nitrogen and oxygen atoms in total. The summed E-state index contributed by atoms with van der Waals surface area (Å²) in [6.45, 7) is 6.04. The van der Waals surface area contributed by atoms with Crippen LogP contribution in [0.3, 0.4) is 0 Å². The highest BCUT2D eigenvalue weighted by atomic mass is 16.2. The van der Waals surface area contributed by atoms with Crippen LogP contribution in [-0.2, 0) is 11.3 Å². The molecule has 1 atom stereocenters. The van der Waals surface area contributed by atoms with E-state index >= 15 is 0 Å². The fourth-order valence-corrected chi connectivity index (χ4v) is 4.30. The van der Waals surface area contributed by atoms with Gasteiger partial charge in [0.15, 0.2) is 11.2 Å². The zero-order chi connectivity index (χ0) is 20.8. The Morgan fingerprint density at radius 3 is 2.87 bits per heavy atom. The van der Waals surface area contributed by atoms with E-state index in [1.54, 1.807) is 4.68 Å². The summed E-state index contributed by atoms with van der Waals surface area (Å²) >= 11 is 0. The molecule has 1 aromatic carbocycles. The van der Waals surface area contributed by atoms with Crippen molar-refractivity contribution < 1.29 is 4.79 Å². The van der Waals surface area contributed by atoms with Gasteiger partial charge in [0.05, 0.1) is 6.54 Å². The summed E-state index contributed by atoms with van der Waals surface area (Å²) in [7, 11) is 0. The maximum atomic E-state index is 12.7. The van der Waals surface area contributed by atoms with Crippen molar-refractivity contribution >= 4 is 17.1 Å². The van der Waals surface area contributed by atoms with Crippen LogP contribution in [0, 0.1) is 19.8 Å². The molecule has 2 aliphatic rings. The number of nitrogens with one attached hydrogen (secondary N) is 1. The molecule has 1 aliphatic heterocycles. The first-order chi connectivity index (χ1) is 14.5. The van der Waals surface area contributed by atoms with Crippen molar-refractivity contribution in [2.24, 2.45) is 5.92 Å². The zero-order valence-electron chi connectivity index (χ0n) is 17.4. The quantitative estimate of drug-likeness (QED) is 0.717. The van der Waals surface area contributed by atoms with Crippen molar-refractivity contribution in [2.45, 2.75) is 52.0 Å². The molecule has 2 aromatic heterocycles. The number of hydrogen-bond donors (Lipinski definition) is 1. The highest BCUT2D eigenvalue weighted by Gasteiger charge is 2.36. The van der Waals surface area contributed by atoms with Crippen LogP contribution in [0.15, 0.2) is 23.0 Å². The van der Waals surface area contributed by atoms with E-state index in [0.29, 0.717) is 24.6 Å². The first-order valence-electron chi connectivity index (χ1n) is 10.7. The lowest BCUT2D eigenvalue weighted by Gasteiger charge is -2.32. The van der Waals surface area contributed by atoms with Gasteiger partial charge in [0, 0.05) is 24.9 Å². The van der Waals surface area contributed by atoms with Crippen molar-refractivity contribution in [3.63, 3.8) is 0 Å². The number of hydrogen-bond acceptors (Lipinski definition) is 5. The average Bonchev–Trinajstić information content (AvgIpc) is 3.52. The van der Waals surface area contributed by atoms with E-state index in [-0.39, 0.29) is 28.8 Å². The van der Waals surface area contributed by atoms with Gasteiger partial charge in [-0.05, 0) is 50.7 Å². The Hall–Kier alpha value is -3.03. The Labute approximate surface area is 174 Å². The fourth-order valence-electron chi connectivity index (χ4n) is 4.30. The normalized spacial score (nSPS) is 19.4. The van der Waals surface area contributed by atoms with Gasteiger partial charge in [0.2, 0.25) is 5.91 Å². The van der Waals surface area contributed by atoms with Crippen LogP contribution in [0.4, 0.5) is 0 Å². The summed E-state index contributed by atoms with van der Waals surface area (Å²) in [5, 5.41) is 8.27. The van der Waals surface area contributed by atoms with Crippen LogP contribution < -0.4 is 5.56 Å². The van der Waals surface area contributed by atoms with Crippen molar-refractivity contribution in [1.82, 2.24) is 29.9 Å². The monoisotopic (exact) mass is 406 g/mol. The smallest absolute Gasteiger partial charge is 0.281 e. The first kappa shape index (κ1) is 19.0. The lowest BCUT2D eigenvalue weighted by molar-refractivity contribution is -0.133. The number of piperidine rings is 1. The molecule has 3 aromatic rings. The average molecular weight is 406 g/mol. The number of H-pyrrole nitrogens is 1. The van der Waals surface area contributed by atoms with E-state index in [9.17, 15) is 9.59 Å². The number of aryl methyl sites for hydroxylation is 2. The minimum Gasteiger partial charge on any atom is -0.342 e. The maximum absolute atomic E-state index is 12.7. The molecule has 1 saturated carbocycles. The summed E-state index contributed by atoms with van der Waals surface area (Å²) < 4.78 is 1.70. The minimum absolute atomic E-state index is 0.0302. The lowest BCUT2D eigenvalue weighted by Crippen LogP contribution is -2.40. The summed E-state index contributed by atoms with van der Waals surface area (Å²) in [5.74, 6) is 1.12. The van der Waals surface area contributed by atoms with E-state index in [0.717, 1.165) is 43.4 Å². The van der Waals surface area contributed by atoms with Crippen LogP contribution in [0.1, 0.15) is 54.1 Å². The van der Waals surface area contributed by atoms with Gasteiger partial charge in [-0.15, -0.1) is 5.10 Å². The van der Waals surface area contributed by atoms with Crippen molar-refractivity contribution in [2.75, 3.05) is 13.1 Å².